The molecule has 0 aliphatic carbocycles. The molecule has 0 amide bonds. The fourth-order valence-electron chi connectivity index (χ4n) is 1.78. The van der Waals surface area contributed by atoms with E-state index in [1.54, 1.807) is 0 Å². The summed E-state index contributed by atoms with van der Waals surface area (Å²) in [4.78, 5) is 10.7. The molecule has 0 radical (unpaired) electrons. The first-order valence-corrected chi connectivity index (χ1v) is 7.25. The van der Waals surface area contributed by atoms with Crippen molar-refractivity contribution in [3.8, 4) is 0 Å². The van der Waals surface area contributed by atoms with Crippen molar-refractivity contribution in [1.29, 1.82) is 0 Å². The minimum Gasteiger partial charge on any atom is -0.478 e. The smallest absolute Gasteiger partial charge is 0.335 e. The predicted octanol–water partition coefficient (Wildman–Crippen LogP) is -0.0533. The molecule has 1 aromatic rings. The van der Waals surface area contributed by atoms with Crippen molar-refractivity contribution in [2.45, 2.75) is 0 Å². The molecule has 0 atom stereocenters. The molecule has 3 N–H and O–H groups in total. The van der Waals surface area contributed by atoms with Crippen molar-refractivity contribution < 1.29 is 18.3 Å². The standard InChI is InChI=1S/C11H15N3O4S/c15-11(16)9-1-3-10(4-2-9)13-19(17,18)14-7-5-12-6-8-14/h1-4,12-13H,5-8H2,(H,15,16). The highest BCUT2D eigenvalue weighted by Gasteiger charge is 2.23. The molecule has 1 aromatic carbocycles. The van der Waals surface area contributed by atoms with Crippen LogP contribution in [0, 0.1) is 0 Å². The molecule has 2 rings (SSSR count). The third kappa shape index (κ3) is 3.43. The van der Waals surface area contributed by atoms with Gasteiger partial charge in [-0.15, -0.1) is 0 Å². The van der Waals surface area contributed by atoms with E-state index in [9.17, 15) is 13.2 Å². The van der Waals surface area contributed by atoms with E-state index in [1.165, 1.54) is 28.6 Å². The van der Waals surface area contributed by atoms with Gasteiger partial charge in [0.25, 0.3) is 0 Å². The number of rotatable bonds is 4. The second kappa shape index (κ2) is 5.55. The molecule has 0 unspecified atom stereocenters. The van der Waals surface area contributed by atoms with E-state index in [0.717, 1.165) is 0 Å². The van der Waals surface area contributed by atoms with Crippen LogP contribution >= 0.6 is 0 Å². The molecule has 1 fully saturated rings. The Morgan fingerprint density at radius 3 is 2.32 bits per heavy atom. The molecule has 0 bridgehead atoms. The maximum atomic E-state index is 12.0. The van der Waals surface area contributed by atoms with Crippen molar-refractivity contribution in [1.82, 2.24) is 9.62 Å². The number of hydrogen-bond acceptors (Lipinski definition) is 4. The van der Waals surface area contributed by atoms with Crippen LogP contribution in [-0.2, 0) is 10.2 Å². The lowest BCUT2D eigenvalue weighted by atomic mass is 10.2. The number of aromatic carboxylic acids is 1. The Bertz CT molecular complexity index is 550. The van der Waals surface area contributed by atoms with Gasteiger partial charge >= 0.3 is 16.2 Å². The summed E-state index contributed by atoms with van der Waals surface area (Å²) in [6, 6.07) is 5.59. The molecule has 0 aromatic heterocycles. The summed E-state index contributed by atoms with van der Waals surface area (Å²) in [5, 5.41) is 11.8. The SMILES string of the molecule is O=C(O)c1ccc(NS(=O)(=O)N2CCNCC2)cc1. The van der Waals surface area contributed by atoms with Crippen LogP contribution in [0.3, 0.4) is 0 Å². The molecule has 0 spiro atoms. The monoisotopic (exact) mass is 285 g/mol. The second-order valence-electron chi connectivity index (χ2n) is 4.14. The zero-order chi connectivity index (χ0) is 13.9. The lowest BCUT2D eigenvalue weighted by Crippen LogP contribution is -2.48. The highest BCUT2D eigenvalue weighted by atomic mass is 32.2. The normalized spacial score (nSPS) is 17.1. The Morgan fingerprint density at radius 1 is 1.21 bits per heavy atom. The first kappa shape index (κ1) is 13.8. The molecule has 1 aliphatic heterocycles. The summed E-state index contributed by atoms with van der Waals surface area (Å²) in [6.07, 6.45) is 0. The van der Waals surface area contributed by atoms with Crippen LogP contribution in [0.25, 0.3) is 0 Å². The number of benzene rings is 1. The van der Waals surface area contributed by atoms with E-state index < -0.39 is 16.2 Å². The lowest BCUT2D eigenvalue weighted by molar-refractivity contribution is 0.0697. The summed E-state index contributed by atoms with van der Waals surface area (Å²) in [6.45, 7) is 2.09. The van der Waals surface area contributed by atoms with Crippen molar-refractivity contribution >= 4 is 21.9 Å². The highest BCUT2D eigenvalue weighted by molar-refractivity contribution is 7.90. The molecule has 8 heteroatoms. The minimum atomic E-state index is -3.57. The molecule has 1 saturated heterocycles. The Kier molecular flexibility index (Phi) is 4.03. The minimum absolute atomic E-state index is 0.116. The summed E-state index contributed by atoms with van der Waals surface area (Å²) in [5.41, 5.74) is 0.466. The van der Waals surface area contributed by atoms with Gasteiger partial charge in [0.1, 0.15) is 0 Å². The number of carboxylic acids is 1. The van der Waals surface area contributed by atoms with E-state index in [0.29, 0.717) is 31.9 Å². The summed E-state index contributed by atoms with van der Waals surface area (Å²) >= 11 is 0. The van der Waals surface area contributed by atoms with Crippen LogP contribution in [0.1, 0.15) is 10.4 Å². The largest absolute Gasteiger partial charge is 0.478 e. The third-order valence-corrected chi connectivity index (χ3v) is 4.33. The molecule has 1 heterocycles. The number of hydrogen-bond donors (Lipinski definition) is 3. The first-order valence-electron chi connectivity index (χ1n) is 5.81. The fraction of sp³-hybridized carbons (Fsp3) is 0.364. The van der Waals surface area contributed by atoms with Gasteiger partial charge in [-0.3, -0.25) is 4.72 Å². The van der Waals surface area contributed by atoms with Gasteiger partial charge in [-0.05, 0) is 24.3 Å². The molecular weight excluding hydrogens is 270 g/mol. The number of piperazine rings is 1. The van der Waals surface area contributed by atoms with Crippen molar-refractivity contribution in [3.63, 3.8) is 0 Å². The van der Waals surface area contributed by atoms with Crippen molar-refractivity contribution in [2.75, 3.05) is 30.9 Å². The Labute approximate surface area is 111 Å². The average Bonchev–Trinajstić information content (AvgIpc) is 2.40. The van der Waals surface area contributed by atoms with Crippen LogP contribution < -0.4 is 10.0 Å². The van der Waals surface area contributed by atoms with Crippen LogP contribution in [-0.4, -0.2) is 50.0 Å². The maximum absolute atomic E-state index is 12.0. The molecule has 1 aliphatic rings. The van der Waals surface area contributed by atoms with Gasteiger partial charge in [0.2, 0.25) is 0 Å². The summed E-state index contributed by atoms with van der Waals surface area (Å²) in [5.74, 6) is -1.04. The molecule has 19 heavy (non-hydrogen) atoms. The van der Waals surface area contributed by atoms with E-state index in [1.807, 2.05) is 0 Å². The second-order valence-corrected chi connectivity index (χ2v) is 5.81. The van der Waals surface area contributed by atoms with Gasteiger partial charge in [0.15, 0.2) is 0 Å². The van der Waals surface area contributed by atoms with Gasteiger partial charge in [-0.25, -0.2) is 4.79 Å². The molecular formula is C11H15N3O4S. The lowest BCUT2D eigenvalue weighted by Gasteiger charge is -2.26. The Balaban J connectivity index is 2.09. The molecule has 0 saturated carbocycles. The van der Waals surface area contributed by atoms with Crippen LogP contribution in [0.5, 0.6) is 0 Å². The summed E-state index contributed by atoms with van der Waals surface area (Å²) in [7, 11) is -3.57. The van der Waals surface area contributed by atoms with Gasteiger partial charge in [-0.2, -0.15) is 12.7 Å². The first-order chi connectivity index (χ1) is 8.99. The third-order valence-electron chi connectivity index (χ3n) is 2.79. The average molecular weight is 285 g/mol. The Hall–Kier alpha value is -1.64. The quantitative estimate of drug-likeness (QED) is 0.720. The highest BCUT2D eigenvalue weighted by Crippen LogP contribution is 2.13. The zero-order valence-corrected chi connectivity index (χ0v) is 11.0. The topological polar surface area (TPSA) is 98.7 Å². The molecule has 104 valence electrons. The number of carboxylic acid groups (broad SMARTS) is 1. The van der Waals surface area contributed by atoms with Gasteiger partial charge in [-0.1, -0.05) is 0 Å². The Morgan fingerprint density at radius 2 is 1.79 bits per heavy atom. The number of nitrogens with zero attached hydrogens (tertiary/aromatic N) is 1. The van der Waals surface area contributed by atoms with Crippen LogP contribution in [0.2, 0.25) is 0 Å². The van der Waals surface area contributed by atoms with Gasteiger partial charge in [0, 0.05) is 31.9 Å². The maximum Gasteiger partial charge on any atom is 0.335 e. The van der Waals surface area contributed by atoms with E-state index in [2.05, 4.69) is 10.0 Å². The predicted molar refractivity (Wildman–Crippen MR) is 70.4 cm³/mol. The number of nitrogens with one attached hydrogen (secondary N) is 2. The van der Waals surface area contributed by atoms with Gasteiger partial charge in [0.05, 0.1) is 5.56 Å². The van der Waals surface area contributed by atoms with Crippen molar-refractivity contribution in [3.05, 3.63) is 29.8 Å². The number of anilines is 1. The van der Waals surface area contributed by atoms with Crippen molar-refractivity contribution in [2.24, 2.45) is 0 Å². The van der Waals surface area contributed by atoms with E-state index in [4.69, 9.17) is 5.11 Å². The van der Waals surface area contributed by atoms with Gasteiger partial charge < -0.3 is 10.4 Å². The number of carbonyl (C=O) groups is 1. The molecule has 7 nitrogen and oxygen atoms in total. The summed E-state index contributed by atoms with van der Waals surface area (Å²) < 4.78 is 27.9. The van der Waals surface area contributed by atoms with E-state index in [-0.39, 0.29) is 5.56 Å². The zero-order valence-electron chi connectivity index (χ0n) is 10.2. The fourth-order valence-corrected chi connectivity index (χ4v) is 3.01. The van der Waals surface area contributed by atoms with Crippen LogP contribution in [0.15, 0.2) is 24.3 Å². The van der Waals surface area contributed by atoms with Crippen LogP contribution in [0.4, 0.5) is 5.69 Å². The van der Waals surface area contributed by atoms with E-state index >= 15 is 0 Å².